The number of aryl methyl sites for hydroxylation is 1. The number of hydrogen-bond donors (Lipinski definition) is 2. The molecular formula is C16H23N3O3S. The molecule has 23 heavy (non-hydrogen) atoms. The van der Waals surface area contributed by atoms with Crippen molar-refractivity contribution in [2.24, 2.45) is 5.92 Å². The number of nitrogens with zero attached hydrogens (tertiary/aromatic N) is 2. The molecule has 2 amide bonds. The highest BCUT2D eigenvalue weighted by atomic mass is 32.1. The van der Waals surface area contributed by atoms with Gasteiger partial charge in [-0.2, -0.15) is 0 Å². The first kappa shape index (κ1) is 16.2. The minimum Gasteiger partial charge on any atom is -0.481 e. The molecule has 1 aliphatic carbocycles. The maximum absolute atomic E-state index is 12.4. The van der Waals surface area contributed by atoms with Gasteiger partial charge >= 0.3 is 12.0 Å². The fraction of sp³-hybridized carbons (Fsp3) is 0.688. The normalized spacial score (nSPS) is 23.2. The molecule has 1 atom stereocenters. The summed E-state index contributed by atoms with van der Waals surface area (Å²) in [6, 6.07) is -0.236. The molecule has 1 aliphatic heterocycles. The first-order valence-electron chi connectivity index (χ1n) is 8.16. The van der Waals surface area contributed by atoms with E-state index < -0.39 is 11.9 Å². The lowest BCUT2D eigenvalue weighted by Crippen LogP contribution is -2.44. The molecule has 1 saturated heterocycles. The Morgan fingerprint density at radius 2 is 2.17 bits per heavy atom. The van der Waals surface area contributed by atoms with Crippen molar-refractivity contribution >= 4 is 28.5 Å². The van der Waals surface area contributed by atoms with E-state index in [9.17, 15) is 9.59 Å². The van der Waals surface area contributed by atoms with Crippen molar-refractivity contribution in [2.75, 3.05) is 18.4 Å². The monoisotopic (exact) mass is 337 g/mol. The Morgan fingerprint density at radius 3 is 2.87 bits per heavy atom. The number of carbonyl (C=O) groups is 2. The predicted octanol–water partition coefficient (Wildman–Crippen LogP) is 3.09. The standard InChI is InChI=1S/C16H23N3O3S/c1-16(2)7-3-6-11-12(16)17-14(23-11)18-15(22)19-8-4-5-10(9-19)13(20)21/h10H,3-9H2,1-2H3,(H,20,21)(H,17,18,22). The van der Waals surface area contributed by atoms with Crippen LogP contribution in [-0.4, -0.2) is 40.1 Å². The molecule has 0 bridgehead atoms. The lowest BCUT2D eigenvalue weighted by atomic mass is 9.79. The van der Waals surface area contributed by atoms with Crippen molar-refractivity contribution in [2.45, 2.75) is 51.4 Å². The molecule has 0 spiro atoms. The third-order valence-electron chi connectivity index (χ3n) is 4.82. The number of urea groups is 1. The number of rotatable bonds is 2. The number of carboxylic acids is 1. The van der Waals surface area contributed by atoms with Gasteiger partial charge in [-0.05, 0) is 32.1 Å². The SMILES string of the molecule is CC1(C)CCCc2sc(NC(=O)N3CCCC(C(=O)O)C3)nc21. The van der Waals surface area contributed by atoms with Crippen molar-refractivity contribution in [3.63, 3.8) is 0 Å². The number of aromatic nitrogens is 1. The van der Waals surface area contributed by atoms with Crippen molar-refractivity contribution in [1.29, 1.82) is 0 Å². The Morgan fingerprint density at radius 1 is 1.39 bits per heavy atom. The van der Waals surface area contributed by atoms with E-state index in [0.29, 0.717) is 18.1 Å². The summed E-state index contributed by atoms with van der Waals surface area (Å²) in [6.07, 6.45) is 4.66. The van der Waals surface area contributed by atoms with Crippen LogP contribution in [0.25, 0.3) is 0 Å². The summed E-state index contributed by atoms with van der Waals surface area (Å²) in [5.74, 6) is -1.29. The number of carboxylic acid groups (broad SMARTS) is 1. The van der Waals surface area contributed by atoms with Gasteiger partial charge in [0.15, 0.2) is 5.13 Å². The van der Waals surface area contributed by atoms with Crippen LogP contribution in [0.1, 0.15) is 50.1 Å². The first-order valence-corrected chi connectivity index (χ1v) is 8.97. The maximum Gasteiger partial charge on any atom is 0.323 e. The number of anilines is 1. The molecule has 6 nitrogen and oxygen atoms in total. The van der Waals surface area contributed by atoms with Crippen LogP contribution in [0.5, 0.6) is 0 Å². The van der Waals surface area contributed by atoms with Crippen molar-refractivity contribution < 1.29 is 14.7 Å². The van der Waals surface area contributed by atoms with Crippen molar-refractivity contribution in [3.8, 4) is 0 Å². The molecule has 7 heteroatoms. The molecular weight excluding hydrogens is 314 g/mol. The molecule has 0 radical (unpaired) electrons. The number of thiazole rings is 1. The van der Waals surface area contributed by atoms with Crippen LogP contribution in [0.15, 0.2) is 0 Å². The van der Waals surface area contributed by atoms with Gasteiger partial charge < -0.3 is 10.0 Å². The van der Waals surface area contributed by atoms with Gasteiger partial charge in [-0.15, -0.1) is 11.3 Å². The van der Waals surface area contributed by atoms with Crippen LogP contribution in [0, 0.1) is 5.92 Å². The molecule has 3 rings (SSSR count). The van der Waals surface area contributed by atoms with Crippen molar-refractivity contribution in [3.05, 3.63) is 10.6 Å². The number of piperidine rings is 1. The second kappa shape index (κ2) is 6.11. The lowest BCUT2D eigenvalue weighted by molar-refractivity contribution is -0.143. The summed E-state index contributed by atoms with van der Waals surface area (Å²) in [6.45, 7) is 5.26. The summed E-state index contributed by atoms with van der Waals surface area (Å²) in [5, 5.41) is 12.6. The minimum absolute atomic E-state index is 0.0621. The third-order valence-corrected chi connectivity index (χ3v) is 5.85. The Bertz CT molecular complexity index is 626. The number of amides is 2. The second-order valence-corrected chi connectivity index (χ2v) is 8.17. The van der Waals surface area contributed by atoms with Crippen LogP contribution < -0.4 is 5.32 Å². The summed E-state index contributed by atoms with van der Waals surface area (Å²) in [5.41, 5.74) is 1.16. The van der Waals surface area contributed by atoms with E-state index >= 15 is 0 Å². The summed E-state index contributed by atoms with van der Waals surface area (Å²) in [4.78, 5) is 31.0. The lowest BCUT2D eigenvalue weighted by Gasteiger charge is -2.30. The Kier molecular flexibility index (Phi) is 4.31. The van der Waals surface area contributed by atoms with Crippen LogP contribution in [0.3, 0.4) is 0 Å². The Balaban J connectivity index is 1.69. The van der Waals surface area contributed by atoms with Gasteiger partial charge in [-0.1, -0.05) is 13.8 Å². The summed E-state index contributed by atoms with van der Waals surface area (Å²) < 4.78 is 0. The second-order valence-electron chi connectivity index (χ2n) is 7.08. The number of carbonyl (C=O) groups excluding carboxylic acids is 1. The average Bonchev–Trinajstić information content (AvgIpc) is 2.91. The summed E-state index contributed by atoms with van der Waals surface area (Å²) in [7, 11) is 0. The molecule has 1 fully saturated rings. The summed E-state index contributed by atoms with van der Waals surface area (Å²) >= 11 is 1.55. The molecule has 0 aromatic carbocycles. The molecule has 1 unspecified atom stereocenters. The van der Waals surface area contributed by atoms with E-state index in [1.807, 2.05) is 0 Å². The van der Waals surface area contributed by atoms with Crippen LogP contribution in [-0.2, 0) is 16.6 Å². The van der Waals surface area contributed by atoms with Gasteiger partial charge in [-0.25, -0.2) is 9.78 Å². The molecule has 0 saturated carbocycles. The third kappa shape index (κ3) is 3.34. The number of likely N-dealkylation sites (tertiary alicyclic amines) is 1. The molecule has 2 aliphatic rings. The van der Waals surface area contributed by atoms with Gasteiger partial charge in [0.05, 0.1) is 11.6 Å². The maximum atomic E-state index is 12.4. The molecule has 2 heterocycles. The first-order chi connectivity index (χ1) is 10.9. The van der Waals surface area contributed by atoms with E-state index in [1.165, 1.54) is 4.88 Å². The van der Waals surface area contributed by atoms with Crippen molar-refractivity contribution in [1.82, 2.24) is 9.88 Å². The molecule has 1 aromatic rings. The Hall–Kier alpha value is -1.63. The fourth-order valence-corrected chi connectivity index (χ4v) is 4.62. The quantitative estimate of drug-likeness (QED) is 0.869. The van der Waals surface area contributed by atoms with Crippen LogP contribution in [0.4, 0.5) is 9.93 Å². The van der Waals surface area contributed by atoms with Crippen LogP contribution >= 0.6 is 11.3 Å². The smallest absolute Gasteiger partial charge is 0.323 e. The van der Waals surface area contributed by atoms with E-state index in [2.05, 4.69) is 24.1 Å². The fourth-order valence-electron chi connectivity index (χ4n) is 3.45. The highest BCUT2D eigenvalue weighted by Crippen LogP contribution is 2.40. The zero-order chi connectivity index (χ0) is 16.6. The Labute approximate surface area is 139 Å². The van der Waals surface area contributed by atoms with Gasteiger partial charge in [0, 0.05) is 23.4 Å². The topological polar surface area (TPSA) is 82.5 Å². The predicted molar refractivity (Wildman–Crippen MR) is 89.0 cm³/mol. The number of fused-ring (bicyclic) bond motifs is 1. The zero-order valence-corrected chi connectivity index (χ0v) is 14.4. The van der Waals surface area contributed by atoms with Gasteiger partial charge in [0.2, 0.25) is 0 Å². The van der Waals surface area contributed by atoms with Gasteiger partial charge in [0.25, 0.3) is 0 Å². The minimum atomic E-state index is -0.825. The van der Waals surface area contributed by atoms with E-state index in [0.717, 1.165) is 31.4 Å². The zero-order valence-electron chi connectivity index (χ0n) is 13.6. The largest absolute Gasteiger partial charge is 0.481 e. The average molecular weight is 337 g/mol. The van der Waals surface area contributed by atoms with E-state index in [1.54, 1.807) is 16.2 Å². The molecule has 1 aromatic heterocycles. The molecule has 126 valence electrons. The number of nitrogens with one attached hydrogen (secondary N) is 1. The van der Waals surface area contributed by atoms with Crippen LogP contribution in [0.2, 0.25) is 0 Å². The van der Waals surface area contributed by atoms with Gasteiger partial charge in [-0.3, -0.25) is 10.1 Å². The number of hydrogen-bond acceptors (Lipinski definition) is 4. The number of aliphatic carboxylic acids is 1. The molecule has 2 N–H and O–H groups in total. The highest BCUT2D eigenvalue weighted by Gasteiger charge is 2.32. The van der Waals surface area contributed by atoms with E-state index in [4.69, 9.17) is 5.11 Å². The highest BCUT2D eigenvalue weighted by molar-refractivity contribution is 7.15. The van der Waals surface area contributed by atoms with Gasteiger partial charge in [0.1, 0.15) is 0 Å². The van der Waals surface area contributed by atoms with E-state index in [-0.39, 0.29) is 18.0 Å².